The van der Waals surface area contributed by atoms with Crippen molar-refractivity contribution >= 4 is 22.4 Å². The highest BCUT2D eigenvalue weighted by atomic mass is 19.3. The maximum atomic E-state index is 13.4. The van der Waals surface area contributed by atoms with Gasteiger partial charge in [-0.2, -0.15) is 10.4 Å². The second-order valence-corrected chi connectivity index (χ2v) is 8.17. The van der Waals surface area contributed by atoms with Crippen LogP contribution >= 0.6 is 0 Å². The van der Waals surface area contributed by atoms with Gasteiger partial charge in [0.05, 0.1) is 29.8 Å². The van der Waals surface area contributed by atoms with Gasteiger partial charge in [-0.15, -0.1) is 8.78 Å². The standard InChI is InChI=1S/C26H18F2N4O5/c1-31(17-6-9-21-22(11-17)37-26(27,28)36-21)23(33)14-32-25(34)20-12-18(35-2)7-8-19(20)24(30-32)16-5-3-4-15(10-16)13-29/h3-12H,14H2,1-2H3. The van der Waals surface area contributed by atoms with E-state index in [1.165, 1.54) is 37.3 Å². The summed E-state index contributed by atoms with van der Waals surface area (Å²) in [4.78, 5) is 27.7. The molecule has 1 amide bonds. The van der Waals surface area contributed by atoms with Gasteiger partial charge < -0.3 is 19.1 Å². The van der Waals surface area contributed by atoms with Crippen LogP contribution in [0.15, 0.2) is 65.5 Å². The number of methoxy groups -OCH3 is 1. The van der Waals surface area contributed by atoms with Crippen molar-refractivity contribution in [3.05, 3.63) is 76.6 Å². The van der Waals surface area contributed by atoms with Crippen molar-refractivity contribution in [1.82, 2.24) is 9.78 Å². The Balaban J connectivity index is 1.54. The van der Waals surface area contributed by atoms with E-state index in [1.54, 1.807) is 42.5 Å². The van der Waals surface area contributed by atoms with E-state index in [1.807, 2.05) is 0 Å². The Morgan fingerprint density at radius 1 is 1.11 bits per heavy atom. The molecule has 0 saturated carbocycles. The molecule has 0 fully saturated rings. The molecule has 0 atom stereocenters. The summed E-state index contributed by atoms with van der Waals surface area (Å²) in [5, 5.41) is 14.6. The van der Waals surface area contributed by atoms with Crippen molar-refractivity contribution in [2.75, 3.05) is 19.1 Å². The average Bonchev–Trinajstić information content (AvgIpc) is 3.22. The number of halogens is 2. The first-order chi connectivity index (χ1) is 17.7. The molecule has 1 aliphatic rings. The zero-order chi connectivity index (χ0) is 26.3. The monoisotopic (exact) mass is 504 g/mol. The predicted molar refractivity (Wildman–Crippen MR) is 129 cm³/mol. The molecule has 37 heavy (non-hydrogen) atoms. The Bertz CT molecular complexity index is 1660. The number of amides is 1. The summed E-state index contributed by atoms with van der Waals surface area (Å²) in [5.74, 6) is -0.464. The Hall–Kier alpha value is -4.98. The van der Waals surface area contributed by atoms with Gasteiger partial charge in [-0.05, 0) is 42.5 Å². The fourth-order valence-corrected chi connectivity index (χ4v) is 3.97. The molecule has 11 heteroatoms. The normalized spacial score (nSPS) is 13.3. The lowest BCUT2D eigenvalue weighted by Crippen LogP contribution is -2.35. The van der Waals surface area contributed by atoms with E-state index < -0.39 is 24.3 Å². The summed E-state index contributed by atoms with van der Waals surface area (Å²) in [6.07, 6.45) is -3.79. The van der Waals surface area contributed by atoms with Crippen molar-refractivity contribution < 1.29 is 27.8 Å². The summed E-state index contributed by atoms with van der Waals surface area (Å²) in [6.45, 7) is -0.446. The van der Waals surface area contributed by atoms with Crippen molar-refractivity contribution in [3.8, 4) is 34.6 Å². The molecular weight excluding hydrogens is 486 g/mol. The van der Waals surface area contributed by atoms with Crippen molar-refractivity contribution in [2.45, 2.75) is 12.8 Å². The van der Waals surface area contributed by atoms with Gasteiger partial charge in [0.15, 0.2) is 11.5 Å². The smallest absolute Gasteiger partial charge is 0.497 e. The van der Waals surface area contributed by atoms with E-state index in [-0.39, 0.29) is 22.6 Å². The molecule has 1 aliphatic heterocycles. The molecule has 0 radical (unpaired) electrons. The first-order valence-corrected chi connectivity index (χ1v) is 10.9. The lowest BCUT2D eigenvalue weighted by molar-refractivity contribution is -0.286. The largest absolute Gasteiger partial charge is 0.586 e. The van der Waals surface area contributed by atoms with Crippen molar-refractivity contribution in [3.63, 3.8) is 0 Å². The lowest BCUT2D eigenvalue weighted by Gasteiger charge is -2.19. The molecule has 3 aromatic carbocycles. The van der Waals surface area contributed by atoms with E-state index in [9.17, 15) is 23.6 Å². The summed E-state index contributed by atoms with van der Waals surface area (Å²) >= 11 is 0. The fraction of sp³-hybridized carbons (Fsp3) is 0.154. The third-order valence-corrected chi connectivity index (χ3v) is 5.86. The van der Waals surface area contributed by atoms with Crippen LogP contribution in [0.1, 0.15) is 5.56 Å². The Morgan fingerprint density at radius 2 is 1.89 bits per heavy atom. The third kappa shape index (κ3) is 4.40. The molecule has 1 aromatic heterocycles. The van der Waals surface area contributed by atoms with E-state index in [0.29, 0.717) is 28.0 Å². The summed E-state index contributed by atoms with van der Waals surface area (Å²) < 4.78 is 41.9. The van der Waals surface area contributed by atoms with Crippen molar-refractivity contribution in [2.24, 2.45) is 0 Å². The van der Waals surface area contributed by atoms with Crippen LogP contribution in [0.5, 0.6) is 17.2 Å². The highest BCUT2D eigenvalue weighted by molar-refractivity contribution is 5.96. The highest BCUT2D eigenvalue weighted by Crippen LogP contribution is 2.42. The van der Waals surface area contributed by atoms with Crippen LogP contribution in [0.3, 0.4) is 0 Å². The van der Waals surface area contributed by atoms with Gasteiger partial charge in [-0.1, -0.05) is 12.1 Å². The Labute approximate surface area is 208 Å². The summed E-state index contributed by atoms with van der Waals surface area (Å²) in [6, 6.07) is 17.7. The highest BCUT2D eigenvalue weighted by Gasteiger charge is 2.43. The predicted octanol–water partition coefficient (Wildman–Crippen LogP) is 3.93. The minimum absolute atomic E-state index is 0.153. The van der Waals surface area contributed by atoms with Crippen LogP contribution in [0.2, 0.25) is 0 Å². The van der Waals surface area contributed by atoms with Gasteiger partial charge in [0.2, 0.25) is 5.91 Å². The number of carbonyl (C=O) groups excluding carboxylic acids is 1. The molecule has 0 N–H and O–H groups in total. The van der Waals surface area contributed by atoms with E-state index in [4.69, 9.17) is 4.74 Å². The van der Waals surface area contributed by atoms with Crippen LogP contribution in [0.25, 0.3) is 22.0 Å². The molecule has 5 rings (SSSR count). The molecule has 0 saturated heterocycles. The molecule has 4 aromatic rings. The van der Waals surface area contributed by atoms with E-state index in [2.05, 4.69) is 20.6 Å². The number of likely N-dealkylation sites (N-methyl/N-ethyl adjacent to an activating group) is 1. The minimum Gasteiger partial charge on any atom is -0.497 e. The van der Waals surface area contributed by atoms with Gasteiger partial charge in [0.25, 0.3) is 5.56 Å². The number of anilines is 1. The van der Waals surface area contributed by atoms with Gasteiger partial charge in [0.1, 0.15) is 12.3 Å². The maximum Gasteiger partial charge on any atom is 0.586 e. The lowest BCUT2D eigenvalue weighted by atomic mass is 10.0. The number of ether oxygens (including phenoxy) is 3. The van der Waals surface area contributed by atoms with Gasteiger partial charge in [-0.3, -0.25) is 9.59 Å². The molecule has 186 valence electrons. The zero-order valence-electron chi connectivity index (χ0n) is 19.6. The van der Waals surface area contributed by atoms with Gasteiger partial charge in [-0.25, -0.2) is 4.68 Å². The molecule has 0 aliphatic carbocycles. The van der Waals surface area contributed by atoms with E-state index >= 15 is 0 Å². The summed E-state index contributed by atoms with van der Waals surface area (Å²) in [5.41, 5.74) is 1.11. The second kappa shape index (κ2) is 8.91. The first kappa shape index (κ1) is 23.7. The maximum absolute atomic E-state index is 13.4. The zero-order valence-corrected chi connectivity index (χ0v) is 19.6. The number of aromatic nitrogens is 2. The van der Waals surface area contributed by atoms with Gasteiger partial charge in [0, 0.05) is 29.8 Å². The topological polar surface area (TPSA) is 107 Å². The molecule has 0 spiro atoms. The van der Waals surface area contributed by atoms with Crippen LogP contribution in [-0.2, 0) is 11.3 Å². The molecule has 2 heterocycles. The molecular formula is C26H18F2N4O5. The Kier molecular flexibility index (Phi) is 5.72. The van der Waals surface area contributed by atoms with Crippen LogP contribution < -0.4 is 24.7 Å². The molecule has 9 nitrogen and oxygen atoms in total. The third-order valence-electron chi connectivity index (χ3n) is 5.86. The first-order valence-electron chi connectivity index (χ1n) is 10.9. The quantitative estimate of drug-likeness (QED) is 0.405. The number of benzene rings is 3. The summed E-state index contributed by atoms with van der Waals surface area (Å²) in [7, 11) is 2.91. The van der Waals surface area contributed by atoms with Crippen LogP contribution in [0.4, 0.5) is 14.5 Å². The second-order valence-electron chi connectivity index (χ2n) is 8.17. The SMILES string of the molecule is COc1ccc2c(-c3cccc(C#N)c3)nn(CC(=O)N(C)c3ccc4c(c3)OC(F)(F)O4)c(=O)c2c1. The number of nitriles is 1. The number of carbonyl (C=O) groups is 1. The molecule has 0 unspecified atom stereocenters. The number of alkyl halides is 2. The fourth-order valence-electron chi connectivity index (χ4n) is 3.97. The Morgan fingerprint density at radius 3 is 2.65 bits per heavy atom. The van der Waals surface area contributed by atoms with Gasteiger partial charge >= 0.3 is 6.29 Å². The number of rotatable bonds is 5. The number of hydrogen-bond donors (Lipinski definition) is 0. The van der Waals surface area contributed by atoms with Crippen LogP contribution in [-0.4, -0.2) is 36.1 Å². The number of nitrogens with zero attached hydrogens (tertiary/aromatic N) is 4. The number of fused-ring (bicyclic) bond motifs is 2. The van der Waals surface area contributed by atoms with Crippen LogP contribution in [0, 0.1) is 11.3 Å². The van der Waals surface area contributed by atoms with Crippen molar-refractivity contribution in [1.29, 1.82) is 5.26 Å². The number of hydrogen-bond acceptors (Lipinski definition) is 7. The minimum atomic E-state index is -3.79. The average molecular weight is 504 g/mol. The van der Waals surface area contributed by atoms with E-state index in [0.717, 1.165) is 4.68 Å². The molecule has 0 bridgehead atoms.